The molecule has 0 spiro atoms. The molecule has 0 aliphatic heterocycles. The number of amides is 1. The highest BCUT2D eigenvalue weighted by molar-refractivity contribution is 5.81. The van der Waals surface area contributed by atoms with E-state index in [0.29, 0.717) is 18.3 Å². The first-order valence-corrected chi connectivity index (χ1v) is 7.37. The van der Waals surface area contributed by atoms with E-state index in [-0.39, 0.29) is 11.9 Å². The maximum atomic E-state index is 11.8. The van der Waals surface area contributed by atoms with Crippen LogP contribution < -0.4 is 15.4 Å². The second kappa shape index (κ2) is 6.91. The lowest BCUT2D eigenvalue weighted by molar-refractivity contribution is -0.123. The molecule has 1 amide bonds. The van der Waals surface area contributed by atoms with Crippen LogP contribution in [0.25, 0.3) is 0 Å². The molecule has 2 unspecified atom stereocenters. The van der Waals surface area contributed by atoms with Crippen molar-refractivity contribution >= 4 is 5.91 Å². The average Bonchev–Trinajstić information content (AvgIpc) is 3.28. The van der Waals surface area contributed by atoms with Crippen molar-refractivity contribution in [3.05, 3.63) is 29.3 Å². The van der Waals surface area contributed by atoms with Crippen molar-refractivity contribution < 1.29 is 14.6 Å². The molecule has 0 aromatic heterocycles. The van der Waals surface area contributed by atoms with Crippen LogP contribution in [0.1, 0.15) is 37.0 Å². The zero-order chi connectivity index (χ0) is 15.4. The molecule has 0 saturated heterocycles. The van der Waals surface area contributed by atoms with Crippen LogP contribution in [0.3, 0.4) is 0 Å². The average molecular weight is 292 g/mol. The number of aliphatic hydroxyl groups excluding tert-OH is 1. The smallest absolute Gasteiger partial charge is 0.237 e. The van der Waals surface area contributed by atoms with Crippen LogP contribution in [0.15, 0.2) is 18.2 Å². The summed E-state index contributed by atoms with van der Waals surface area (Å²) < 4.78 is 5.27. The second-order valence-corrected chi connectivity index (χ2v) is 5.67. The zero-order valence-electron chi connectivity index (χ0n) is 12.8. The molecule has 116 valence electrons. The highest BCUT2D eigenvalue weighted by atomic mass is 16.5. The van der Waals surface area contributed by atoms with Crippen LogP contribution in [0.4, 0.5) is 0 Å². The molecule has 3 N–H and O–H groups in total. The van der Waals surface area contributed by atoms with Gasteiger partial charge in [-0.15, -0.1) is 0 Å². The molecular weight excluding hydrogens is 268 g/mol. The van der Waals surface area contributed by atoms with Crippen molar-refractivity contribution in [1.29, 1.82) is 0 Å². The van der Waals surface area contributed by atoms with Gasteiger partial charge >= 0.3 is 0 Å². The van der Waals surface area contributed by atoms with Crippen molar-refractivity contribution in [2.45, 2.75) is 44.9 Å². The summed E-state index contributed by atoms with van der Waals surface area (Å²) in [6.45, 7) is 4.08. The number of aliphatic hydroxyl groups is 1. The fraction of sp³-hybridized carbons (Fsp3) is 0.562. The third-order valence-electron chi connectivity index (χ3n) is 3.68. The van der Waals surface area contributed by atoms with E-state index in [0.717, 1.165) is 24.0 Å². The summed E-state index contributed by atoms with van der Waals surface area (Å²) in [5, 5.41) is 16.3. The normalized spacial score (nSPS) is 17.1. The Labute approximate surface area is 125 Å². The largest absolute Gasteiger partial charge is 0.496 e. The van der Waals surface area contributed by atoms with Crippen LogP contribution in [0, 0.1) is 6.92 Å². The van der Waals surface area contributed by atoms with Crippen molar-refractivity contribution in [3.63, 3.8) is 0 Å². The van der Waals surface area contributed by atoms with E-state index in [2.05, 4.69) is 10.6 Å². The SMILES string of the molecule is COc1ccc(C)cc1C(O)CNC(C)C(=O)NC1CC1. The standard InChI is InChI=1S/C16H24N2O3/c1-10-4-7-15(21-3)13(8-10)14(19)9-17-11(2)16(20)18-12-5-6-12/h4,7-8,11-12,14,17,19H,5-6,9H2,1-3H3,(H,18,20). The summed E-state index contributed by atoms with van der Waals surface area (Å²) >= 11 is 0. The van der Waals surface area contributed by atoms with Crippen molar-refractivity contribution in [2.75, 3.05) is 13.7 Å². The van der Waals surface area contributed by atoms with Crippen LogP contribution in [-0.2, 0) is 4.79 Å². The molecule has 0 heterocycles. The van der Waals surface area contributed by atoms with Gasteiger partial charge in [-0.1, -0.05) is 11.6 Å². The topological polar surface area (TPSA) is 70.6 Å². The minimum Gasteiger partial charge on any atom is -0.496 e. The Morgan fingerprint density at radius 1 is 1.48 bits per heavy atom. The van der Waals surface area contributed by atoms with E-state index in [1.54, 1.807) is 14.0 Å². The van der Waals surface area contributed by atoms with Gasteiger partial charge < -0.3 is 20.5 Å². The van der Waals surface area contributed by atoms with Gasteiger partial charge in [-0.05, 0) is 38.8 Å². The van der Waals surface area contributed by atoms with E-state index < -0.39 is 6.10 Å². The lowest BCUT2D eigenvalue weighted by Gasteiger charge is -2.19. The number of hydrogen-bond donors (Lipinski definition) is 3. The van der Waals surface area contributed by atoms with Crippen molar-refractivity contribution in [1.82, 2.24) is 10.6 Å². The van der Waals surface area contributed by atoms with Crippen LogP contribution in [0.5, 0.6) is 5.75 Å². The molecule has 5 nitrogen and oxygen atoms in total. The quantitative estimate of drug-likeness (QED) is 0.708. The predicted molar refractivity (Wildman–Crippen MR) is 81.3 cm³/mol. The van der Waals surface area contributed by atoms with E-state index in [4.69, 9.17) is 4.74 Å². The summed E-state index contributed by atoms with van der Waals surface area (Å²) in [7, 11) is 1.58. The molecule has 0 bridgehead atoms. The molecule has 5 heteroatoms. The first kappa shape index (κ1) is 15.8. The third-order valence-corrected chi connectivity index (χ3v) is 3.68. The Kier molecular flexibility index (Phi) is 5.20. The number of ether oxygens (including phenoxy) is 1. The van der Waals surface area contributed by atoms with E-state index in [1.165, 1.54) is 0 Å². The number of hydrogen-bond acceptors (Lipinski definition) is 4. The van der Waals surface area contributed by atoms with Crippen molar-refractivity contribution in [2.24, 2.45) is 0 Å². The van der Waals surface area contributed by atoms with Gasteiger partial charge in [-0.2, -0.15) is 0 Å². The van der Waals surface area contributed by atoms with Crippen LogP contribution in [0.2, 0.25) is 0 Å². The molecule has 0 radical (unpaired) electrons. The molecular formula is C16H24N2O3. The monoisotopic (exact) mass is 292 g/mol. The minimum atomic E-state index is -0.712. The number of rotatable bonds is 7. The van der Waals surface area contributed by atoms with Crippen LogP contribution >= 0.6 is 0 Å². The minimum absolute atomic E-state index is 0.0130. The number of benzene rings is 1. The van der Waals surface area contributed by atoms with Gasteiger partial charge in [0, 0.05) is 18.2 Å². The fourth-order valence-electron chi connectivity index (χ4n) is 2.16. The Bertz CT molecular complexity index is 500. The maximum Gasteiger partial charge on any atom is 0.237 e. The first-order valence-electron chi connectivity index (χ1n) is 7.37. The highest BCUT2D eigenvalue weighted by Crippen LogP contribution is 2.26. The molecule has 1 aromatic carbocycles. The van der Waals surface area contributed by atoms with Gasteiger partial charge in [0.15, 0.2) is 0 Å². The second-order valence-electron chi connectivity index (χ2n) is 5.67. The Morgan fingerprint density at radius 3 is 2.81 bits per heavy atom. The van der Waals surface area contributed by atoms with Gasteiger partial charge in [-0.3, -0.25) is 4.79 Å². The van der Waals surface area contributed by atoms with Crippen LogP contribution in [-0.4, -0.2) is 36.8 Å². The molecule has 1 fully saturated rings. The Hall–Kier alpha value is -1.59. The summed E-state index contributed by atoms with van der Waals surface area (Å²) in [6, 6.07) is 5.71. The summed E-state index contributed by atoms with van der Waals surface area (Å²) in [5.41, 5.74) is 1.80. The predicted octanol–water partition coefficient (Wildman–Crippen LogP) is 1.29. The number of carbonyl (C=O) groups is 1. The van der Waals surface area contributed by atoms with E-state index >= 15 is 0 Å². The summed E-state index contributed by atoms with van der Waals surface area (Å²) in [5.74, 6) is 0.644. The lowest BCUT2D eigenvalue weighted by atomic mass is 10.0. The Balaban J connectivity index is 1.89. The summed E-state index contributed by atoms with van der Waals surface area (Å²) in [6.07, 6.45) is 1.43. The molecule has 1 aromatic rings. The van der Waals surface area contributed by atoms with Gasteiger partial charge in [-0.25, -0.2) is 0 Å². The number of methoxy groups -OCH3 is 1. The zero-order valence-corrected chi connectivity index (χ0v) is 12.8. The Morgan fingerprint density at radius 2 is 2.19 bits per heavy atom. The lowest BCUT2D eigenvalue weighted by Crippen LogP contribution is -2.44. The molecule has 21 heavy (non-hydrogen) atoms. The molecule has 2 atom stereocenters. The third kappa shape index (κ3) is 4.44. The maximum absolute atomic E-state index is 11.8. The van der Waals surface area contributed by atoms with Gasteiger partial charge in [0.25, 0.3) is 0 Å². The number of nitrogens with one attached hydrogen (secondary N) is 2. The number of aryl methyl sites for hydroxylation is 1. The fourth-order valence-corrected chi connectivity index (χ4v) is 2.16. The molecule has 1 aliphatic carbocycles. The highest BCUT2D eigenvalue weighted by Gasteiger charge is 2.25. The first-order chi connectivity index (χ1) is 10.0. The van der Waals surface area contributed by atoms with E-state index in [1.807, 2.05) is 25.1 Å². The van der Waals surface area contributed by atoms with Gasteiger partial charge in [0.2, 0.25) is 5.91 Å². The van der Waals surface area contributed by atoms with E-state index in [9.17, 15) is 9.90 Å². The molecule has 1 aliphatic rings. The van der Waals surface area contributed by atoms with Crippen molar-refractivity contribution in [3.8, 4) is 5.75 Å². The van der Waals surface area contributed by atoms with Gasteiger partial charge in [0.05, 0.1) is 19.3 Å². The molecule has 2 rings (SSSR count). The summed E-state index contributed by atoms with van der Waals surface area (Å²) in [4.78, 5) is 11.8. The number of carbonyl (C=O) groups excluding carboxylic acids is 1. The van der Waals surface area contributed by atoms with Gasteiger partial charge in [0.1, 0.15) is 5.75 Å². The molecule has 1 saturated carbocycles.